The zero-order valence-electron chi connectivity index (χ0n) is 12.1. The third kappa shape index (κ3) is 4.55. The number of carbonyl (C=O) groups is 2. The van der Waals surface area contributed by atoms with Crippen LogP contribution in [0.4, 0.5) is 4.39 Å². The van der Waals surface area contributed by atoms with Crippen LogP contribution in [0.5, 0.6) is 0 Å². The summed E-state index contributed by atoms with van der Waals surface area (Å²) in [6.07, 6.45) is 3.01. The Balaban J connectivity index is 1.78. The molecule has 2 atom stereocenters. The van der Waals surface area contributed by atoms with Gasteiger partial charge in [-0.1, -0.05) is 12.1 Å². The third-order valence-corrected chi connectivity index (χ3v) is 3.92. The molecule has 0 aromatic heterocycles. The maximum Gasteiger partial charge on any atom is 0.306 e. The summed E-state index contributed by atoms with van der Waals surface area (Å²) in [7, 11) is 1.31. The monoisotopic (exact) mass is 293 g/mol. The number of hydrogen-bond acceptors (Lipinski definition) is 3. The first kappa shape index (κ1) is 15.5. The summed E-state index contributed by atoms with van der Waals surface area (Å²) in [5.74, 6) is -0.369. The summed E-state index contributed by atoms with van der Waals surface area (Å²) < 4.78 is 17.4. The van der Waals surface area contributed by atoms with Crippen molar-refractivity contribution in [3.05, 3.63) is 35.6 Å². The standard InChI is InChI=1S/C16H20FNO3/c1-21-16(20)9-8-15(19)18-14-7-4-12(10-14)11-2-5-13(17)6-3-11/h2-3,5-6,12,14H,4,7-10H2,1H3,(H,18,19)/t12-,14+/m0/s1. The quantitative estimate of drug-likeness (QED) is 0.849. The molecule has 0 spiro atoms. The lowest BCUT2D eigenvalue weighted by Gasteiger charge is -2.13. The topological polar surface area (TPSA) is 55.4 Å². The van der Waals surface area contributed by atoms with Crippen molar-refractivity contribution in [2.75, 3.05) is 7.11 Å². The fraction of sp³-hybridized carbons (Fsp3) is 0.500. The van der Waals surface area contributed by atoms with Gasteiger partial charge in [0.1, 0.15) is 5.82 Å². The maximum absolute atomic E-state index is 12.9. The highest BCUT2D eigenvalue weighted by atomic mass is 19.1. The van der Waals surface area contributed by atoms with Gasteiger partial charge in [0, 0.05) is 12.5 Å². The van der Waals surface area contributed by atoms with Crippen molar-refractivity contribution in [1.29, 1.82) is 0 Å². The van der Waals surface area contributed by atoms with Crippen molar-refractivity contribution in [1.82, 2.24) is 5.32 Å². The zero-order chi connectivity index (χ0) is 15.2. The zero-order valence-corrected chi connectivity index (χ0v) is 12.1. The summed E-state index contributed by atoms with van der Waals surface area (Å²) >= 11 is 0. The van der Waals surface area contributed by atoms with Crippen LogP contribution < -0.4 is 5.32 Å². The molecule has 21 heavy (non-hydrogen) atoms. The molecule has 1 saturated carbocycles. The van der Waals surface area contributed by atoms with Crippen LogP contribution in [0.2, 0.25) is 0 Å². The van der Waals surface area contributed by atoms with Crippen molar-refractivity contribution in [2.24, 2.45) is 0 Å². The van der Waals surface area contributed by atoms with Crippen molar-refractivity contribution < 1.29 is 18.7 Å². The van der Waals surface area contributed by atoms with Gasteiger partial charge in [0.05, 0.1) is 13.5 Å². The maximum atomic E-state index is 12.9. The van der Waals surface area contributed by atoms with E-state index in [9.17, 15) is 14.0 Å². The fourth-order valence-electron chi connectivity index (χ4n) is 2.77. The highest BCUT2D eigenvalue weighted by Gasteiger charge is 2.27. The second-order valence-electron chi connectivity index (χ2n) is 5.40. The number of amides is 1. The number of rotatable bonds is 5. The SMILES string of the molecule is COC(=O)CCC(=O)N[C@@H]1CC[C@H](c2ccc(F)cc2)C1. The van der Waals surface area contributed by atoms with Crippen LogP contribution in [-0.4, -0.2) is 25.0 Å². The Morgan fingerprint density at radius 1 is 1.24 bits per heavy atom. The van der Waals surface area contributed by atoms with Gasteiger partial charge in [-0.25, -0.2) is 4.39 Å². The molecule has 1 aromatic rings. The van der Waals surface area contributed by atoms with E-state index in [2.05, 4.69) is 10.1 Å². The molecule has 0 heterocycles. The highest BCUT2D eigenvalue weighted by Crippen LogP contribution is 2.34. The number of methoxy groups -OCH3 is 1. The second kappa shape index (κ2) is 7.20. The van der Waals surface area contributed by atoms with Gasteiger partial charge in [0.15, 0.2) is 0 Å². The molecule has 5 heteroatoms. The predicted octanol–water partition coefficient (Wildman–Crippen LogP) is 2.53. The van der Waals surface area contributed by atoms with Crippen molar-refractivity contribution in [3.8, 4) is 0 Å². The van der Waals surface area contributed by atoms with Gasteiger partial charge in [0.2, 0.25) is 5.91 Å². The Hall–Kier alpha value is -1.91. The van der Waals surface area contributed by atoms with E-state index in [0.29, 0.717) is 5.92 Å². The number of esters is 1. The smallest absolute Gasteiger partial charge is 0.306 e. The Bertz CT molecular complexity index is 501. The van der Waals surface area contributed by atoms with Crippen LogP contribution in [0, 0.1) is 5.82 Å². The molecule has 4 nitrogen and oxygen atoms in total. The van der Waals surface area contributed by atoms with Gasteiger partial charge in [-0.15, -0.1) is 0 Å². The molecular formula is C16H20FNO3. The van der Waals surface area contributed by atoms with Crippen molar-refractivity contribution in [2.45, 2.75) is 44.1 Å². The fourth-order valence-corrected chi connectivity index (χ4v) is 2.77. The van der Waals surface area contributed by atoms with Crippen molar-refractivity contribution in [3.63, 3.8) is 0 Å². The van der Waals surface area contributed by atoms with E-state index in [-0.39, 0.29) is 36.6 Å². The van der Waals surface area contributed by atoms with Gasteiger partial charge in [-0.2, -0.15) is 0 Å². The van der Waals surface area contributed by atoms with E-state index in [1.807, 2.05) is 0 Å². The van der Waals surface area contributed by atoms with E-state index in [4.69, 9.17) is 0 Å². The molecule has 1 aliphatic carbocycles. The third-order valence-electron chi connectivity index (χ3n) is 3.92. The lowest BCUT2D eigenvalue weighted by atomic mass is 9.97. The summed E-state index contributed by atoms with van der Waals surface area (Å²) in [5.41, 5.74) is 1.11. The number of hydrogen-bond donors (Lipinski definition) is 1. The minimum Gasteiger partial charge on any atom is -0.469 e. The minimum atomic E-state index is -0.374. The summed E-state index contributed by atoms with van der Waals surface area (Å²) in [6.45, 7) is 0. The van der Waals surface area contributed by atoms with E-state index in [0.717, 1.165) is 24.8 Å². The van der Waals surface area contributed by atoms with E-state index >= 15 is 0 Å². The molecule has 1 fully saturated rings. The molecule has 1 aliphatic rings. The number of ether oxygens (including phenoxy) is 1. The molecule has 0 aliphatic heterocycles. The van der Waals surface area contributed by atoms with E-state index in [1.54, 1.807) is 12.1 Å². The Morgan fingerprint density at radius 3 is 2.62 bits per heavy atom. The van der Waals surface area contributed by atoms with Gasteiger partial charge in [0.25, 0.3) is 0 Å². The molecule has 1 aromatic carbocycles. The van der Waals surface area contributed by atoms with E-state index in [1.165, 1.54) is 19.2 Å². The Morgan fingerprint density at radius 2 is 1.95 bits per heavy atom. The first-order valence-corrected chi connectivity index (χ1v) is 7.20. The minimum absolute atomic E-state index is 0.108. The Labute approximate surface area is 123 Å². The van der Waals surface area contributed by atoms with Crippen LogP contribution in [0.25, 0.3) is 0 Å². The second-order valence-corrected chi connectivity index (χ2v) is 5.40. The Kier molecular flexibility index (Phi) is 5.31. The van der Waals surface area contributed by atoms with Crippen LogP contribution in [0.3, 0.4) is 0 Å². The largest absolute Gasteiger partial charge is 0.469 e. The van der Waals surface area contributed by atoms with E-state index < -0.39 is 0 Å². The molecule has 0 radical (unpaired) electrons. The molecule has 2 rings (SSSR count). The van der Waals surface area contributed by atoms with Gasteiger partial charge >= 0.3 is 5.97 Å². The lowest BCUT2D eigenvalue weighted by Crippen LogP contribution is -2.33. The number of halogens is 1. The molecule has 1 amide bonds. The van der Waals surface area contributed by atoms with Crippen LogP contribution in [0.1, 0.15) is 43.6 Å². The average molecular weight is 293 g/mol. The summed E-state index contributed by atoms with van der Waals surface area (Å²) in [6, 6.07) is 6.68. The summed E-state index contributed by atoms with van der Waals surface area (Å²) in [5, 5.41) is 2.95. The highest BCUT2D eigenvalue weighted by molar-refractivity contribution is 5.81. The molecule has 1 N–H and O–H groups in total. The van der Waals surface area contributed by atoms with Gasteiger partial charge < -0.3 is 10.1 Å². The molecular weight excluding hydrogens is 273 g/mol. The molecule has 114 valence electrons. The van der Waals surface area contributed by atoms with Crippen LogP contribution >= 0.6 is 0 Å². The normalized spacial score (nSPS) is 21.0. The van der Waals surface area contributed by atoms with Crippen LogP contribution in [-0.2, 0) is 14.3 Å². The molecule has 0 bridgehead atoms. The number of nitrogens with one attached hydrogen (secondary N) is 1. The lowest BCUT2D eigenvalue weighted by molar-refractivity contribution is -0.142. The molecule has 0 unspecified atom stereocenters. The first-order valence-electron chi connectivity index (χ1n) is 7.20. The number of carbonyl (C=O) groups excluding carboxylic acids is 2. The van der Waals surface area contributed by atoms with Crippen molar-refractivity contribution >= 4 is 11.9 Å². The first-order chi connectivity index (χ1) is 10.1. The van der Waals surface area contributed by atoms with Gasteiger partial charge in [-0.05, 0) is 42.9 Å². The molecule has 0 saturated heterocycles. The number of benzene rings is 1. The average Bonchev–Trinajstić information content (AvgIpc) is 2.94. The van der Waals surface area contributed by atoms with Gasteiger partial charge in [-0.3, -0.25) is 9.59 Å². The predicted molar refractivity (Wildman–Crippen MR) is 76.2 cm³/mol. The summed E-state index contributed by atoms with van der Waals surface area (Å²) in [4.78, 5) is 22.7. The van der Waals surface area contributed by atoms with Crippen LogP contribution in [0.15, 0.2) is 24.3 Å².